The van der Waals surface area contributed by atoms with Crippen LogP contribution in [0.4, 0.5) is 5.69 Å². The molecule has 1 aromatic heterocycles. The molecule has 2 N–H and O–H groups in total. The van der Waals surface area contributed by atoms with Crippen LogP contribution in [0.15, 0.2) is 18.3 Å². The molecular formula is C12H16N4. The second-order valence-corrected chi connectivity index (χ2v) is 4.18. The van der Waals surface area contributed by atoms with Gasteiger partial charge in [0, 0.05) is 25.0 Å². The summed E-state index contributed by atoms with van der Waals surface area (Å²) >= 11 is 0. The summed E-state index contributed by atoms with van der Waals surface area (Å²) in [5.74, 6) is 0.661. The quantitative estimate of drug-likeness (QED) is 0.804. The summed E-state index contributed by atoms with van der Waals surface area (Å²) in [7, 11) is 0. The van der Waals surface area contributed by atoms with E-state index < -0.39 is 0 Å². The van der Waals surface area contributed by atoms with E-state index >= 15 is 0 Å². The maximum Gasteiger partial charge on any atom is 0.142 e. The molecule has 1 aliphatic heterocycles. The van der Waals surface area contributed by atoms with E-state index in [0.717, 1.165) is 38.2 Å². The highest BCUT2D eigenvalue weighted by Crippen LogP contribution is 2.22. The van der Waals surface area contributed by atoms with Crippen molar-refractivity contribution in [1.29, 1.82) is 5.26 Å². The van der Waals surface area contributed by atoms with Gasteiger partial charge in [0.2, 0.25) is 0 Å². The number of nitrogens with zero attached hydrogens (tertiary/aromatic N) is 3. The molecule has 1 saturated heterocycles. The molecule has 84 valence electrons. The number of pyridine rings is 1. The highest BCUT2D eigenvalue weighted by atomic mass is 15.1. The zero-order valence-electron chi connectivity index (χ0n) is 9.26. The summed E-state index contributed by atoms with van der Waals surface area (Å²) < 4.78 is 0. The summed E-state index contributed by atoms with van der Waals surface area (Å²) in [6, 6.07) is 5.88. The Morgan fingerprint density at radius 3 is 2.88 bits per heavy atom. The van der Waals surface area contributed by atoms with Gasteiger partial charge in [-0.2, -0.15) is 5.26 Å². The molecule has 2 heterocycles. The van der Waals surface area contributed by atoms with Gasteiger partial charge >= 0.3 is 0 Å². The molecule has 2 rings (SSSR count). The van der Waals surface area contributed by atoms with E-state index in [1.807, 2.05) is 12.1 Å². The Morgan fingerprint density at radius 1 is 1.50 bits per heavy atom. The van der Waals surface area contributed by atoms with Gasteiger partial charge in [-0.3, -0.25) is 0 Å². The first kappa shape index (κ1) is 10.9. The average molecular weight is 216 g/mol. The second kappa shape index (κ2) is 4.95. The predicted octanol–water partition coefficient (Wildman–Crippen LogP) is 1.13. The molecule has 0 atom stereocenters. The fraction of sp³-hybridized carbons (Fsp3) is 0.500. The van der Waals surface area contributed by atoms with Crippen LogP contribution in [0.5, 0.6) is 0 Å². The summed E-state index contributed by atoms with van der Waals surface area (Å²) in [5.41, 5.74) is 7.25. The maximum atomic E-state index is 8.79. The minimum atomic E-state index is 0.485. The average Bonchev–Trinajstić information content (AvgIpc) is 2.39. The van der Waals surface area contributed by atoms with E-state index in [4.69, 9.17) is 11.0 Å². The first-order valence-corrected chi connectivity index (χ1v) is 5.64. The Hall–Kier alpha value is -1.60. The van der Waals surface area contributed by atoms with Crippen molar-refractivity contribution in [2.75, 3.05) is 24.5 Å². The Morgan fingerprint density at radius 2 is 2.25 bits per heavy atom. The van der Waals surface area contributed by atoms with Gasteiger partial charge in [0.25, 0.3) is 0 Å². The van der Waals surface area contributed by atoms with Crippen molar-refractivity contribution in [2.24, 2.45) is 11.7 Å². The van der Waals surface area contributed by atoms with Crippen molar-refractivity contribution >= 4 is 5.69 Å². The van der Waals surface area contributed by atoms with Crippen LogP contribution in [-0.4, -0.2) is 24.6 Å². The van der Waals surface area contributed by atoms with E-state index in [2.05, 4.69) is 16.0 Å². The van der Waals surface area contributed by atoms with Crippen molar-refractivity contribution in [3.8, 4) is 6.07 Å². The van der Waals surface area contributed by atoms with Gasteiger partial charge in [0.05, 0.1) is 0 Å². The molecule has 0 spiro atoms. The van der Waals surface area contributed by atoms with Gasteiger partial charge in [0.15, 0.2) is 0 Å². The molecule has 0 bridgehead atoms. The molecule has 0 aromatic carbocycles. The number of rotatable bonds is 2. The molecule has 1 aromatic rings. The highest BCUT2D eigenvalue weighted by Gasteiger charge is 2.18. The molecule has 16 heavy (non-hydrogen) atoms. The largest absolute Gasteiger partial charge is 0.371 e. The predicted molar refractivity (Wildman–Crippen MR) is 62.9 cm³/mol. The van der Waals surface area contributed by atoms with Crippen molar-refractivity contribution in [1.82, 2.24) is 4.98 Å². The number of nitriles is 1. The Bertz CT molecular complexity index is 388. The van der Waals surface area contributed by atoms with Crippen LogP contribution in [0, 0.1) is 17.2 Å². The third-order valence-electron chi connectivity index (χ3n) is 3.17. The smallest absolute Gasteiger partial charge is 0.142 e. The molecule has 0 amide bonds. The van der Waals surface area contributed by atoms with Crippen molar-refractivity contribution in [3.63, 3.8) is 0 Å². The van der Waals surface area contributed by atoms with Crippen LogP contribution >= 0.6 is 0 Å². The third kappa shape index (κ3) is 2.31. The van der Waals surface area contributed by atoms with Crippen LogP contribution in [0.2, 0.25) is 0 Å². The van der Waals surface area contributed by atoms with E-state index in [1.165, 1.54) is 0 Å². The lowest BCUT2D eigenvalue weighted by molar-refractivity contribution is 0.414. The molecular weight excluding hydrogens is 200 g/mol. The molecule has 0 aliphatic carbocycles. The summed E-state index contributed by atoms with van der Waals surface area (Å²) in [6.45, 7) is 2.83. The monoisotopic (exact) mass is 216 g/mol. The second-order valence-electron chi connectivity index (χ2n) is 4.18. The molecule has 0 saturated carbocycles. The summed E-state index contributed by atoms with van der Waals surface area (Å²) in [5, 5.41) is 8.79. The number of hydrogen-bond donors (Lipinski definition) is 1. The summed E-state index contributed by atoms with van der Waals surface area (Å²) in [4.78, 5) is 6.28. The van der Waals surface area contributed by atoms with E-state index in [9.17, 15) is 0 Å². The zero-order chi connectivity index (χ0) is 11.4. The molecule has 0 radical (unpaired) electrons. The lowest BCUT2D eigenvalue weighted by atomic mass is 9.97. The molecule has 1 fully saturated rings. The highest BCUT2D eigenvalue weighted by molar-refractivity contribution is 5.48. The molecule has 4 nitrogen and oxygen atoms in total. The van der Waals surface area contributed by atoms with Gasteiger partial charge in [0.1, 0.15) is 11.8 Å². The van der Waals surface area contributed by atoms with Gasteiger partial charge in [-0.1, -0.05) is 0 Å². The van der Waals surface area contributed by atoms with Crippen LogP contribution < -0.4 is 10.6 Å². The fourth-order valence-corrected chi connectivity index (χ4v) is 2.10. The molecule has 0 unspecified atom stereocenters. The van der Waals surface area contributed by atoms with E-state index in [-0.39, 0.29) is 0 Å². The number of hydrogen-bond acceptors (Lipinski definition) is 4. The van der Waals surface area contributed by atoms with E-state index in [0.29, 0.717) is 11.6 Å². The SMILES string of the molecule is N#Cc1cc(N2CCC(CN)CC2)ccn1. The Balaban J connectivity index is 2.05. The maximum absolute atomic E-state index is 8.79. The first-order chi connectivity index (χ1) is 7.83. The summed E-state index contributed by atoms with van der Waals surface area (Å²) in [6.07, 6.45) is 3.98. The molecule has 1 aliphatic rings. The van der Waals surface area contributed by atoms with Crippen molar-refractivity contribution in [2.45, 2.75) is 12.8 Å². The standard InChI is InChI=1S/C12H16N4/c13-8-10-2-5-16(6-3-10)12-1-4-15-11(7-12)9-14/h1,4,7,10H,2-3,5-6,8,13H2. The number of anilines is 1. The number of nitrogens with two attached hydrogens (primary N) is 1. The minimum Gasteiger partial charge on any atom is -0.371 e. The topological polar surface area (TPSA) is 65.9 Å². The van der Waals surface area contributed by atoms with Gasteiger partial charge in [-0.25, -0.2) is 4.98 Å². The molecule has 4 heteroatoms. The van der Waals surface area contributed by atoms with E-state index in [1.54, 1.807) is 6.20 Å². The zero-order valence-corrected chi connectivity index (χ0v) is 9.26. The van der Waals surface area contributed by atoms with Crippen LogP contribution in [0.25, 0.3) is 0 Å². The Labute approximate surface area is 95.7 Å². The fourth-order valence-electron chi connectivity index (χ4n) is 2.10. The van der Waals surface area contributed by atoms with Crippen molar-refractivity contribution < 1.29 is 0 Å². The lowest BCUT2D eigenvalue weighted by Gasteiger charge is -2.33. The number of piperidine rings is 1. The van der Waals surface area contributed by atoms with Crippen LogP contribution in [-0.2, 0) is 0 Å². The lowest BCUT2D eigenvalue weighted by Crippen LogP contribution is -2.36. The van der Waals surface area contributed by atoms with Gasteiger partial charge in [-0.15, -0.1) is 0 Å². The van der Waals surface area contributed by atoms with Crippen LogP contribution in [0.1, 0.15) is 18.5 Å². The van der Waals surface area contributed by atoms with Crippen molar-refractivity contribution in [3.05, 3.63) is 24.0 Å². The minimum absolute atomic E-state index is 0.485. The third-order valence-corrected chi connectivity index (χ3v) is 3.17. The van der Waals surface area contributed by atoms with Crippen LogP contribution in [0.3, 0.4) is 0 Å². The number of aromatic nitrogens is 1. The normalized spacial score (nSPS) is 17.1. The van der Waals surface area contributed by atoms with Gasteiger partial charge in [-0.05, 0) is 37.4 Å². The first-order valence-electron chi connectivity index (χ1n) is 5.64. The van der Waals surface area contributed by atoms with Gasteiger partial charge < -0.3 is 10.6 Å². The Kier molecular flexibility index (Phi) is 3.37.